The van der Waals surface area contributed by atoms with Crippen molar-refractivity contribution in [2.24, 2.45) is 5.73 Å². The van der Waals surface area contributed by atoms with Crippen LogP contribution in [0.3, 0.4) is 0 Å². The number of rotatable bonds is 6. The van der Waals surface area contributed by atoms with E-state index >= 15 is 0 Å². The van der Waals surface area contributed by atoms with Crippen LogP contribution in [0.5, 0.6) is 0 Å². The van der Waals surface area contributed by atoms with E-state index in [1.54, 1.807) is 6.07 Å². The number of hydrogen-bond donors (Lipinski definition) is 2. The number of anilines is 1. The molecule has 0 spiro atoms. The quantitative estimate of drug-likeness (QED) is 0.601. The predicted molar refractivity (Wildman–Crippen MR) is 73.8 cm³/mol. The molecule has 0 heterocycles. The van der Waals surface area contributed by atoms with Gasteiger partial charge in [0, 0.05) is 17.8 Å². The number of methoxy groups -OCH3 is 1. The van der Waals surface area contributed by atoms with Gasteiger partial charge in [0.05, 0.1) is 12.7 Å². The Balaban J connectivity index is 2.54. The number of carbonyl (C=O) groups is 1. The van der Waals surface area contributed by atoms with Gasteiger partial charge in [-0.3, -0.25) is 0 Å². The van der Waals surface area contributed by atoms with Gasteiger partial charge >= 0.3 is 5.97 Å². The average molecular weight is 250 g/mol. The summed E-state index contributed by atoms with van der Waals surface area (Å²) in [4.78, 5) is 11.5. The lowest BCUT2D eigenvalue weighted by atomic mass is 10.0. The van der Waals surface area contributed by atoms with Crippen LogP contribution in [0.25, 0.3) is 0 Å². The summed E-state index contributed by atoms with van der Waals surface area (Å²) < 4.78 is 4.74. The van der Waals surface area contributed by atoms with Crippen molar-refractivity contribution in [3.8, 4) is 0 Å². The highest BCUT2D eigenvalue weighted by atomic mass is 16.5. The van der Waals surface area contributed by atoms with Gasteiger partial charge in [-0.2, -0.15) is 0 Å². The van der Waals surface area contributed by atoms with Gasteiger partial charge in [0.15, 0.2) is 0 Å². The molecule has 1 rings (SSSR count). The van der Waals surface area contributed by atoms with Gasteiger partial charge in [0.2, 0.25) is 0 Å². The summed E-state index contributed by atoms with van der Waals surface area (Å²) >= 11 is 0. The monoisotopic (exact) mass is 250 g/mol. The molecule has 1 aromatic carbocycles. The van der Waals surface area contributed by atoms with Crippen molar-refractivity contribution in [1.29, 1.82) is 0 Å². The minimum absolute atomic E-state index is 0.149. The van der Waals surface area contributed by atoms with Crippen LogP contribution in [0.1, 0.15) is 37.0 Å². The van der Waals surface area contributed by atoms with Crippen molar-refractivity contribution in [3.63, 3.8) is 0 Å². The van der Waals surface area contributed by atoms with E-state index in [-0.39, 0.29) is 11.5 Å². The smallest absolute Gasteiger partial charge is 0.339 e. The van der Waals surface area contributed by atoms with E-state index in [4.69, 9.17) is 10.5 Å². The van der Waals surface area contributed by atoms with Crippen molar-refractivity contribution in [3.05, 3.63) is 29.8 Å². The van der Waals surface area contributed by atoms with Gasteiger partial charge in [-0.1, -0.05) is 12.1 Å². The molecule has 100 valence electrons. The molecular weight excluding hydrogens is 228 g/mol. The highest BCUT2D eigenvalue weighted by Crippen LogP contribution is 2.16. The first-order valence-electron chi connectivity index (χ1n) is 6.14. The van der Waals surface area contributed by atoms with Crippen LogP contribution >= 0.6 is 0 Å². The van der Waals surface area contributed by atoms with E-state index in [0.29, 0.717) is 5.56 Å². The molecule has 0 fully saturated rings. The number of para-hydroxylation sites is 1. The molecule has 0 atom stereocenters. The number of esters is 1. The highest BCUT2D eigenvalue weighted by molar-refractivity contribution is 5.95. The van der Waals surface area contributed by atoms with Crippen LogP contribution in [0.2, 0.25) is 0 Å². The van der Waals surface area contributed by atoms with Crippen molar-refractivity contribution in [2.45, 2.75) is 32.2 Å². The maximum atomic E-state index is 11.5. The summed E-state index contributed by atoms with van der Waals surface area (Å²) in [5.74, 6) is -0.322. The first-order valence-corrected chi connectivity index (χ1v) is 6.14. The zero-order chi connectivity index (χ0) is 13.6. The van der Waals surface area contributed by atoms with Crippen LogP contribution in [0.15, 0.2) is 24.3 Å². The standard InChI is InChI=1S/C14H22N2O2/c1-14(2,15)9-6-10-16-12-8-5-4-7-11(12)13(17)18-3/h4-5,7-8,16H,6,9-10,15H2,1-3H3. The van der Waals surface area contributed by atoms with E-state index in [0.717, 1.165) is 25.1 Å². The van der Waals surface area contributed by atoms with Gasteiger partial charge in [0.25, 0.3) is 0 Å². The van der Waals surface area contributed by atoms with Crippen LogP contribution in [0, 0.1) is 0 Å². The van der Waals surface area contributed by atoms with Crippen LogP contribution in [-0.4, -0.2) is 25.2 Å². The predicted octanol–water partition coefficient (Wildman–Crippen LogP) is 2.40. The van der Waals surface area contributed by atoms with Gasteiger partial charge in [0.1, 0.15) is 0 Å². The van der Waals surface area contributed by atoms with Crippen LogP contribution < -0.4 is 11.1 Å². The molecule has 0 aliphatic rings. The van der Waals surface area contributed by atoms with Crippen LogP contribution in [0.4, 0.5) is 5.69 Å². The second-order valence-corrected chi connectivity index (χ2v) is 5.06. The molecule has 4 heteroatoms. The van der Waals surface area contributed by atoms with E-state index < -0.39 is 0 Å². The Labute approximate surface area is 109 Å². The molecule has 1 aromatic rings. The molecule has 3 N–H and O–H groups in total. The normalized spacial score (nSPS) is 11.1. The third-order valence-corrected chi connectivity index (χ3v) is 2.65. The molecule has 0 aliphatic carbocycles. The fraction of sp³-hybridized carbons (Fsp3) is 0.500. The Morgan fingerprint density at radius 1 is 1.39 bits per heavy atom. The first kappa shape index (κ1) is 14.5. The maximum absolute atomic E-state index is 11.5. The zero-order valence-corrected chi connectivity index (χ0v) is 11.3. The second kappa shape index (κ2) is 6.40. The Hall–Kier alpha value is -1.55. The summed E-state index contributed by atoms with van der Waals surface area (Å²) in [7, 11) is 1.38. The lowest BCUT2D eigenvalue weighted by Gasteiger charge is -2.18. The molecule has 0 bridgehead atoms. The number of benzene rings is 1. The molecular formula is C14H22N2O2. The summed E-state index contributed by atoms with van der Waals surface area (Å²) in [5.41, 5.74) is 7.13. The van der Waals surface area contributed by atoms with Crippen molar-refractivity contribution < 1.29 is 9.53 Å². The molecule has 0 aliphatic heterocycles. The van der Waals surface area contributed by atoms with Crippen LogP contribution in [-0.2, 0) is 4.74 Å². The molecule has 0 unspecified atom stereocenters. The minimum atomic E-state index is -0.322. The van der Waals surface area contributed by atoms with E-state index in [2.05, 4.69) is 5.32 Å². The van der Waals surface area contributed by atoms with Crippen molar-refractivity contribution in [2.75, 3.05) is 19.0 Å². The first-order chi connectivity index (χ1) is 8.44. The lowest BCUT2D eigenvalue weighted by Crippen LogP contribution is -2.32. The fourth-order valence-electron chi connectivity index (χ4n) is 1.69. The van der Waals surface area contributed by atoms with Gasteiger partial charge in [-0.05, 0) is 38.8 Å². The summed E-state index contributed by atoms with van der Waals surface area (Å²) in [5, 5.41) is 3.24. The molecule has 18 heavy (non-hydrogen) atoms. The Kier molecular flexibility index (Phi) is 5.16. The zero-order valence-electron chi connectivity index (χ0n) is 11.3. The topological polar surface area (TPSA) is 64.3 Å². The molecule has 0 saturated carbocycles. The third kappa shape index (κ3) is 4.75. The Morgan fingerprint density at radius 3 is 2.67 bits per heavy atom. The average Bonchev–Trinajstić information content (AvgIpc) is 2.33. The van der Waals surface area contributed by atoms with Crippen molar-refractivity contribution >= 4 is 11.7 Å². The Morgan fingerprint density at radius 2 is 2.06 bits per heavy atom. The number of nitrogens with two attached hydrogens (primary N) is 1. The largest absolute Gasteiger partial charge is 0.465 e. The van der Waals surface area contributed by atoms with E-state index in [9.17, 15) is 4.79 Å². The highest BCUT2D eigenvalue weighted by Gasteiger charge is 2.12. The summed E-state index contributed by atoms with van der Waals surface area (Å²) in [6.07, 6.45) is 1.89. The summed E-state index contributed by atoms with van der Waals surface area (Å²) in [6.45, 7) is 4.80. The molecule has 0 amide bonds. The van der Waals surface area contributed by atoms with E-state index in [1.807, 2.05) is 32.0 Å². The minimum Gasteiger partial charge on any atom is -0.465 e. The Bertz CT molecular complexity index is 397. The molecule has 0 aromatic heterocycles. The second-order valence-electron chi connectivity index (χ2n) is 5.06. The number of nitrogens with one attached hydrogen (secondary N) is 1. The van der Waals surface area contributed by atoms with Gasteiger partial charge in [-0.25, -0.2) is 4.79 Å². The SMILES string of the molecule is COC(=O)c1ccccc1NCCCC(C)(C)N. The summed E-state index contributed by atoms with van der Waals surface area (Å²) in [6, 6.07) is 7.34. The third-order valence-electron chi connectivity index (χ3n) is 2.65. The molecule has 0 radical (unpaired) electrons. The van der Waals surface area contributed by atoms with Crippen molar-refractivity contribution in [1.82, 2.24) is 0 Å². The lowest BCUT2D eigenvalue weighted by molar-refractivity contribution is 0.0602. The maximum Gasteiger partial charge on any atom is 0.339 e. The molecule has 4 nitrogen and oxygen atoms in total. The fourth-order valence-corrected chi connectivity index (χ4v) is 1.69. The molecule has 0 saturated heterocycles. The number of ether oxygens (including phenoxy) is 1. The number of carbonyl (C=O) groups excluding carboxylic acids is 1. The van der Waals surface area contributed by atoms with Gasteiger partial charge in [-0.15, -0.1) is 0 Å². The van der Waals surface area contributed by atoms with Gasteiger partial charge < -0.3 is 15.8 Å². The van der Waals surface area contributed by atoms with E-state index in [1.165, 1.54) is 7.11 Å². The number of hydrogen-bond acceptors (Lipinski definition) is 4.